The number of aryl methyl sites for hydroxylation is 3. The van der Waals surface area contributed by atoms with Gasteiger partial charge >= 0.3 is 0 Å². The predicted molar refractivity (Wildman–Crippen MR) is 100 cm³/mol. The number of hydrogen-bond acceptors (Lipinski definition) is 3. The molecule has 0 saturated carbocycles. The molecule has 2 aromatic rings. The van der Waals surface area contributed by atoms with Crippen molar-refractivity contribution in [3.63, 3.8) is 0 Å². The van der Waals surface area contributed by atoms with Crippen molar-refractivity contribution in [3.05, 3.63) is 58.9 Å². The molecule has 5 nitrogen and oxygen atoms in total. The van der Waals surface area contributed by atoms with E-state index in [-0.39, 0.29) is 18.0 Å². The van der Waals surface area contributed by atoms with Crippen LogP contribution in [0.4, 0.5) is 10.1 Å². The number of halogens is 1. The number of nitrogens with zero attached hydrogens (tertiary/aromatic N) is 1. The van der Waals surface area contributed by atoms with E-state index < -0.39 is 21.7 Å². The molecule has 0 fully saturated rings. The molecule has 0 aliphatic heterocycles. The highest BCUT2D eigenvalue weighted by molar-refractivity contribution is 7.89. The molecule has 2 aromatic carbocycles. The summed E-state index contributed by atoms with van der Waals surface area (Å²) >= 11 is 0. The highest BCUT2D eigenvalue weighted by atomic mass is 32.2. The summed E-state index contributed by atoms with van der Waals surface area (Å²) in [5.41, 5.74) is 3.61. The molecule has 2 rings (SSSR count). The summed E-state index contributed by atoms with van der Waals surface area (Å²) in [6.07, 6.45) is 0. The second-order valence-electron chi connectivity index (χ2n) is 6.21. The summed E-state index contributed by atoms with van der Waals surface area (Å²) in [7, 11) is -3.88. The van der Waals surface area contributed by atoms with Gasteiger partial charge in [-0.15, -0.1) is 0 Å². The first-order chi connectivity index (χ1) is 12.1. The Hall–Kier alpha value is -2.25. The van der Waals surface area contributed by atoms with Gasteiger partial charge in [-0.2, -0.15) is 4.31 Å². The number of anilines is 1. The van der Waals surface area contributed by atoms with Crippen LogP contribution >= 0.6 is 0 Å². The lowest BCUT2D eigenvalue weighted by molar-refractivity contribution is -0.116. The highest BCUT2D eigenvalue weighted by Gasteiger charge is 2.25. The SMILES string of the molecule is CCN(CC(=O)Nc1c(C)cc(C)cc1C)S(=O)(=O)c1ccc(F)cc1. The summed E-state index contributed by atoms with van der Waals surface area (Å²) in [4.78, 5) is 12.4. The fourth-order valence-corrected chi connectivity index (χ4v) is 4.24. The average molecular weight is 378 g/mol. The number of carbonyl (C=O) groups excluding carboxylic acids is 1. The van der Waals surface area contributed by atoms with Crippen LogP contribution in [0, 0.1) is 26.6 Å². The fourth-order valence-electron chi connectivity index (χ4n) is 2.84. The Balaban J connectivity index is 2.19. The third kappa shape index (κ3) is 4.47. The van der Waals surface area contributed by atoms with Crippen molar-refractivity contribution >= 4 is 21.6 Å². The van der Waals surface area contributed by atoms with Gasteiger partial charge in [-0.25, -0.2) is 12.8 Å². The van der Waals surface area contributed by atoms with E-state index in [4.69, 9.17) is 0 Å². The maximum atomic E-state index is 13.0. The summed E-state index contributed by atoms with van der Waals surface area (Å²) < 4.78 is 39.4. The number of benzene rings is 2. The lowest BCUT2D eigenvalue weighted by Gasteiger charge is -2.21. The van der Waals surface area contributed by atoms with Crippen LogP contribution in [-0.4, -0.2) is 31.7 Å². The van der Waals surface area contributed by atoms with E-state index in [1.165, 1.54) is 12.1 Å². The van der Waals surface area contributed by atoms with Gasteiger partial charge in [0.05, 0.1) is 11.4 Å². The molecular weight excluding hydrogens is 355 g/mol. The van der Waals surface area contributed by atoms with Crippen molar-refractivity contribution in [2.75, 3.05) is 18.4 Å². The lowest BCUT2D eigenvalue weighted by atomic mass is 10.1. The van der Waals surface area contributed by atoms with Crippen molar-refractivity contribution in [1.82, 2.24) is 4.31 Å². The standard InChI is InChI=1S/C19H23FN2O3S/c1-5-22(26(24,25)17-8-6-16(20)7-9-17)12-18(23)21-19-14(3)10-13(2)11-15(19)4/h6-11H,5,12H2,1-4H3,(H,21,23). The smallest absolute Gasteiger partial charge is 0.243 e. The van der Waals surface area contributed by atoms with E-state index >= 15 is 0 Å². The topological polar surface area (TPSA) is 66.5 Å². The summed E-state index contributed by atoms with van der Waals surface area (Å²) in [6, 6.07) is 8.46. The molecule has 0 unspecified atom stereocenters. The highest BCUT2D eigenvalue weighted by Crippen LogP contribution is 2.22. The Morgan fingerprint density at radius 1 is 1.08 bits per heavy atom. The van der Waals surface area contributed by atoms with Crippen molar-refractivity contribution < 1.29 is 17.6 Å². The number of likely N-dealkylation sites (N-methyl/N-ethyl adjacent to an activating group) is 1. The minimum absolute atomic E-state index is 0.0451. The van der Waals surface area contributed by atoms with E-state index in [1.54, 1.807) is 6.92 Å². The largest absolute Gasteiger partial charge is 0.324 e. The monoisotopic (exact) mass is 378 g/mol. The van der Waals surface area contributed by atoms with Gasteiger partial charge in [0.15, 0.2) is 0 Å². The third-order valence-corrected chi connectivity index (χ3v) is 6.00. The number of nitrogens with one attached hydrogen (secondary N) is 1. The Kier molecular flexibility index (Phi) is 6.15. The molecule has 0 heterocycles. The number of carbonyl (C=O) groups is 1. The molecule has 0 aromatic heterocycles. The number of sulfonamides is 1. The molecule has 1 N–H and O–H groups in total. The molecule has 140 valence electrons. The molecule has 1 amide bonds. The van der Waals surface area contributed by atoms with Gasteiger partial charge < -0.3 is 5.32 Å². The van der Waals surface area contributed by atoms with E-state index in [2.05, 4.69) is 5.32 Å². The van der Waals surface area contributed by atoms with Crippen molar-refractivity contribution in [2.45, 2.75) is 32.6 Å². The second-order valence-corrected chi connectivity index (χ2v) is 8.14. The molecule has 0 spiro atoms. The van der Waals surface area contributed by atoms with Gasteiger partial charge in [-0.05, 0) is 56.2 Å². The van der Waals surface area contributed by atoms with Gasteiger partial charge in [0.1, 0.15) is 5.82 Å². The minimum Gasteiger partial charge on any atom is -0.324 e. The van der Waals surface area contributed by atoms with Crippen LogP contribution < -0.4 is 5.32 Å². The van der Waals surface area contributed by atoms with Crippen LogP contribution in [0.2, 0.25) is 0 Å². The molecule has 0 aliphatic carbocycles. The van der Waals surface area contributed by atoms with Crippen LogP contribution in [0.5, 0.6) is 0 Å². The maximum absolute atomic E-state index is 13.0. The van der Waals surface area contributed by atoms with Crippen LogP contribution in [0.1, 0.15) is 23.6 Å². The molecule has 7 heteroatoms. The van der Waals surface area contributed by atoms with Crippen molar-refractivity contribution in [1.29, 1.82) is 0 Å². The van der Waals surface area contributed by atoms with Gasteiger partial charge in [0, 0.05) is 12.2 Å². The molecule has 0 aliphatic rings. The summed E-state index contributed by atoms with van der Waals surface area (Å²) in [5.74, 6) is -0.942. The molecular formula is C19H23FN2O3S. The second kappa shape index (κ2) is 7.97. The molecule has 26 heavy (non-hydrogen) atoms. The Morgan fingerprint density at radius 2 is 1.62 bits per heavy atom. The first-order valence-corrected chi connectivity index (χ1v) is 9.72. The number of amides is 1. The van der Waals surface area contributed by atoms with E-state index in [9.17, 15) is 17.6 Å². The third-order valence-electron chi connectivity index (χ3n) is 4.07. The molecule has 0 atom stereocenters. The van der Waals surface area contributed by atoms with E-state index in [0.29, 0.717) is 5.69 Å². The lowest BCUT2D eigenvalue weighted by Crippen LogP contribution is -2.38. The number of rotatable bonds is 6. The summed E-state index contributed by atoms with van der Waals surface area (Å²) in [6.45, 7) is 7.21. The molecule has 0 saturated heterocycles. The normalized spacial score (nSPS) is 11.6. The first-order valence-electron chi connectivity index (χ1n) is 8.28. The predicted octanol–water partition coefficient (Wildman–Crippen LogP) is 3.40. The average Bonchev–Trinajstić information content (AvgIpc) is 2.56. The van der Waals surface area contributed by atoms with Crippen LogP contribution in [-0.2, 0) is 14.8 Å². The van der Waals surface area contributed by atoms with Gasteiger partial charge in [0.2, 0.25) is 15.9 Å². The molecule has 0 bridgehead atoms. The Bertz CT molecular complexity index is 886. The van der Waals surface area contributed by atoms with E-state index in [1.807, 2.05) is 32.9 Å². The van der Waals surface area contributed by atoms with Crippen LogP contribution in [0.3, 0.4) is 0 Å². The van der Waals surface area contributed by atoms with E-state index in [0.717, 1.165) is 33.1 Å². The zero-order valence-electron chi connectivity index (χ0n) is 15.3. The van der Waals surface area contributed by atoms with Gasteiger partial charge in [-0.3, -0.25) is 4.79 Å². The zero-order chi connectivity index (χ0) is 19.5. The zero-order valence-corrected chi connectivity index (χ0v) is 16.2. The fraction of sp³-hybridized carbons (Fsp3) is 0.316. The Morgan fingerprint density at radius 3 is 2.12 bits per heavy atom. The maximum Gasteiger partial charge on any atom is 0.243 e. The number of hydrogen-bond donors (Lipinski definition) is 1. The van der Waals surface area contributed by atoms with Gasteiger partial charge in [-0.1, -0.05) is 24.6 Å². The quantitative estimate of drug-likeness (QED) is 0.838. The van der Waals surface area contributed by atoms with Crippen LogP contribution in [0.15, 0.2) is 41.3 Å². The first kappa shape index (κ1) is 20.1. The van der Waals surface area contributed by atoms with Crippen molar-refractivity contribution in [2.24, 2.45) is 0 Å². The van der Waals surface area contributed by atoms with Gasteiger partial charge in [0.25, 0.3) is 0 Å². The Labute approximate surface area is 153 Å². The van der Waals surface area contributed by atoms with Crippen molar-refractivity contribution in [3.8, 4) is 0 Å². The minimum atomic E-state index is -3.88. The summed E-state index contributed by atoms with van der Waals surface area (Å²) in [5, 5.41) is 2.80. The molecule has 0 radical (unpaired) electrons. The van der Waals surface area contributed by atoms with Crippen LogP contribution in [0.25, 0.3) is 0 Å².